The molecule has 0 unspecified atom stereocenters. The van der Waals surface area contributed by atoms with Crippen molar-refractivity contribution in [3.8, 4) is 0 Å². The number of nitrogens with one attached hydrogen (secondary N) is 1. The van der Waals surface area contributed by atoms with Crippen molar-refractivity contribution >= 4 is 22.5 Å². The molecule has 2 aromatic heterocycles. The molecule has 0 aliphatic carbocycles. The zero-order chi connectivity index (χ0) is 22.7. The number of ether oxygens (including phenoxy) is 1. The van der Waals surface area contributed by atoms with Crippen LogP contribution in [0, 0.1) is 13.8 Å². The Bertz CT molecular complexity index is 1480. The van der Waals surface area contributed by atoms with Gasteiger partial charge >= 0.3 is 0 Å². The van der Waals surface area contributed by atoms with Gasteiger partial charge in [-0.25, -0.2) is 4.98 Å². The molecule has 0 atom stereocenters. The van der Waals surface area contributed by atoms with Crippen LogP contribution in [0.25, 0.3) is 16.6 Å². The second-order valence-corrected chi connectivity index (χ2v) is 9.24. The van der Waals surface area contributed by atoms with Gasteiger partial charge in [-0.15, -0.1) is 0 Å². The SMILES string of the molecule is Cc1cc2c(cc1C(=O)N1Cc3cccc(C)c3C1)[nH]c(=O)c1cnc(C3CCOCC3)n12. The summed E-state index contributed by atoms with van der Waals surface area (Å²) in [7, 11) is 0. The van der Waals surface area contributed by atoms with Crippen LogP contribution in [0.15, 0.2) is 41.3 Å². The van der Waals surface area contributed by atoms with E-state index < -0.39 is 0 Å². The van der Waals surface area contributed by atoms with Crippen LogP contribution in [0.3, 0.4) is 0 Å². The van der Waals surface area contributed by atoms with E-state index in [-0.39, 0.29) is 17.4 Å². The third kappa shape index (κ3) is 3.18. The maximum Gasteiger partial charge on any atom is 0.274 e. The molecule has 4 heterocycles. The molecule has 1 N–H and O–H groups in total. The maximum absolute atomic E-state index is 13.5. The van der Waals surface area contributed by atoms with Gasteiger partial charge in [0.1, 0.15) is 11.3 Å². The number of benzene rings is 2. The normalized spacial score (nSPS) is 16.6. The molecule has 2 aromatic carbocycles. The predicted molar refractivity (Wildman–Crippen MR) is 126 cm³/mol. The quantitative estimate of drug-likeness (QED) is 0.512. The number of rotatable bonds is 2. The van der Waals surface area contributed by atoms with Crippen LogP contribution in [0.1, 0.15) is 57.2 Å². The third-order valence-corrected chi connectivity index (χ3v) is 7.18. The number of amides is 1. The predicted octanol–water partition coefficient (Wildman–Crippen LogP) is 3.84. The van der Waals surface area contributed by atoms with Crippen molar-refractivity contribution in [3.63, 3.8) is 0 Å². The van der Waals surface area contributed by atoms with Crippen molar-refractivity contribution in [3.05, 3.63) is 80.5 Å². The molecule has 0 saturated carbocycles. The maximum atomic E-state index is 13.5. The molecule has 7 nitrogen and oxygen atoms in total. The Morgan fingerprint density at radius 3 is 2.70 bits per heavy atom. The minimum absolute atomic E-state index is 0.0128. The highest BCUT2D eigenvalue weighted by Gasteiger charge is 2.27. The van der Waals surface area contributed by atoms with Gasteiger partial charge in [-0.1, -0.05) is 18.2 Å². The fourth-order valence-electron chi connectivity index (χ4n) is 5.32. The highest BCUT2D eigenvalue weighted by molar-refractivity contribution is 5.99. The minimum Gasteiger partial charge on any atom is -0.381 e. The van der Waals surface area contributed by atoms with E-state index in [4.69, 9.17) is 4.74 Å². The van der Waals surface area contributed by atoms with E-state index in [9.17, 15) is 9.59 Å². The Kier molecular flexibility index (Phi) is 4.62. The van der Waals surface area contributed by atoms with E-state index in [0.29, 0.717) is 42.9 Å². The van der Waals surface area contributed by atoms with Gasteiger partial charge in [0.15, 0.2) is 0 Å². The standard InChI is InChI=1S/C26H26N4O3/c1-15-4-3-5-18-13-29(14-20(15)18)26(32)19-11-21-22(10-16(19)2)30-23(25(31)28-21)12-27-24(30)17-6-8-33-9-7-17/h3-5,10-12,17H,6-9,13-14H2,1-2H3,(H,28,31). The summed E-state index contributed by atoms with van der Waals surface area (Å²) in [5, 5.41) is 0. The van der Waals surface area contributed by atoms with E-state index in [1.807, 2.05) is 34.4 Å². The smallest absolute Gasteiger partial charge is 0.274 e. The summed E-state index contributed by atoms with van der Waals surface area (Å²) in [5.74, 6) is 1.13. The van der Waals surface area contributed by atoms with Crippen LogP contribution in [-0.2, 0) is 17.8 Å². The number of aryl methyl sites for hydroxylation is 2. The van der Waals surface area contributed by atoms with Crippen LogP contribution in [0.2, 0.25) is 0 Å². The number of carbonyl (C=O) groups excluding carboxylic acids is 1. The summed E-state index contributed by atoms with van der Waals surface area (Å²) in [6.45, 7) is 6.68. The summed E-state index contributed by atoms with van der Waals surface area (Å²) in [6, 6.07) is 10.1. The summed E-state index contributed by atoms with van der Waals surface area (Å²) >= 11 is 0. The van der Waals surface area contributed by atoms with Gasteiger partial charge in [0.2, 0.25) is 0 Å². The number of imidazole rings is 1. The van der Waals surface area contributed by atoms with Crippen molar-refractivity contribution < 1.29 is 9.53 Å². The number of carbonyl (C=O) groups is 1. The minimum atomic E-state index is -0.195. The van der Waals surface area contributed by atoms with Crippen LogP contribution >= 0.6 is 0 Å². The molecule has 4 aromatic rings. The largest absolute Gasteiger partial charge is 0.381 e. The lowest BCUT2D eigenvalue weighted by atomic mass is 9.99. The lowest BCUT2D eigenvalue weighted by molar-refractivity contribution is 0.0750. The van der Waals surface area contributed by atoms with E-state index in [2.05, 4.69) is 29.0 Å². The zero-order valence-electron chi connectivity index (χ0n) is 18.9. The average molecular weight is 443 g/mol. The summed E-state index contributed by atoms with van der Waals surface area (Å²) < 4.78 is 7.49. The molecular formula is C26H26N4O3. The molecule has 6 rings (SSSR count). The Morgan fingerprint density at radius 2 is 1.91 bits per heavy atom. The van der Waals surface area contributed by atoms with E-state index in [1.165, 1.54) is 16.7 Å². The lowest BCUT2D eigenvalue weighted by Gasteiger charge is -2.22. The third-order valence-electron chi connectivity index (χ3n) is 7.18. The van der Waals surface area contributed by atoms with E-state index in [1.54, 1.807) is 6.20 Å². The Morgan fingerprint density at radius 1 is 1.09 bits per heavy atom. The van der Waals surface area contributed by atoms with Gasteiger partial charge in [-0.05, 0) is 61.1 Å². The Labute approximate surface area is 191 Å². The first-order chi connectivity index (χ1) is 16.0. The lowest BCUT2D eigenvalue weighted by Crippen LogP contribution is -2.26. The van der Waals surface area contributed by atoms with Crippen LogP contribution in [0.4, 0.5) is 0 Å². The number of aromatic amines is 1. The van der Waals surface area contributed by atoms with Crippen molar-refractivity contribution in [2.45, 2.75) is 45.7 Å². The number of aromatic nitrogens is 3. The van der Waals surface area contributed by atoms with E-state index in [0.717, 1.165) is 29.7 Å². The average Bonchev–Trinajstić information content (AvgIpc) is 3.46. The first-order valence-electron chi connectivity index (χ1n) is 11.5. The molecule has 7 heteroatoms. The van der Waals surface area contributed by atoms with Gasteiger partial charge in [-0.2, -0.15) is 0 Å². The van der Waals surface area contributed by atoms with E-state index >= 15 is 0 Å². The molecule has 168 valence electrons. The van der Waals surface area contributed by atoms with Gasteiger partial charge < -0.3 is 14.6 Å². The Balaban J connectivity index is 1.44. The van der Waals surface area contributed by atoms with Crippen molar-refractivity contribution in [2.24, 2.45) is 0 Å². The molecule has 0 spiro atoms. The topological polar surface area (TPSA) is 79.7 Å². The summed E-state index contributed by atoms with van der Waals surface area (Å²) in [6.07, 6.45) is 3.43. The van der Waals surface area contributed by atoms with Crippen molar-refractivity contribution in [2.75, 3.05) is 13.2 Å². The molecule has 1 saturated heterocycles. The number of H-pyrrole nitrogens is 1. The number of hydrogen-bond acceptors (Lipinski definition) is 4. The molecule has 1 amide bonds. The van der Waals surface area contributed by atoms with Gasteiger partial charge in [0.05, 0.1) is 17.2 Å². The fraction of sp³-hybridized carbons (Fsp3) is 0.346. The molecule has 0 bridgehead atoms. The van der Waals surface area contributed by atoms with Gasteiger partial charge in [-0.3, -0.25) is 14.0 Å². The monoisotopic (exact) mass is 442 g/mol. The highest BCUT2D eigenvalue weighted by atomic mass is 16.5. The zero-order valence-corrected chi connectivity index (χ0v) is 18.9. The molecular weight excluding hydrogens is 416 g/mol. The Hall–Kier alpha value is -3.45. The van der Waals surface area contributed by atoms with Crippen LogP contribution in [0.5, 0.6) is 0 Å². The summed E-state index contributed by atoms with van der Waals surface area (Å²) in [4.78, 5) is 35.8. The highest BCUT2D eigenvalue weighted by Crippen LogP contribution is 2.31. The molecule has 2 aliphatic heterocycles. The van der Waals surface area contributed by atoms with Crippen LogP contribution < -0.4 is 5.56 Å². The fourth-order valence-corrected chi connectivity index (χ4v) is 5.32. The number of nitrogens with zero attached hydrogens (tertiary/aromatic N) is 3. The number of fused-ring (bicyclic) bond motifs is 4. The molecule has 1 fully saturated rings. The van der Waals surface area contributed by atoms with Crippen molar-refractivity contribution in [1.82, 2.24) is 19.3 Å². The van der Waals surface area contributed by atoms with Crippen molar-refractivity contribution in [1.29, 1.82) is 0 Å². The van der Waals surface area contributed by atoms with Crippen LogP contribution in [-0.4, -0.2) is 38.4 Å². The first-order valence-corrected chi connectivity index (χ1v) is 11.5. The second-order valence-electron chi connectivity index (χ2n) is 9.24. The molecule has 2 aliphatic rings. The molecule has 0 radical (unpaired) electrons. The second kappa shape index (κ2) is 7.56. The summed E-state index contributed by atoms with van der Waals surface area (Å²) in [5.41, 5.74) is 7.03. The number of hydrogen-bond donors (Lipinski definition) is 1. The first kappa shape index (κ1) is 20.2. The molecule has 33 heavy (non-hydrogen) atoms. The van der Waals surface area contributed by atoms with Gasteiger partial charge in [0.25, 0.3) is 11.5 Å². The van der Waals surface area contributed by atoms with Gasteiger partial charge in [0, 0.05) is 37.8 Å².